The number of piperidine rings is 1. The van der Waals surface area contributed by atoms with Gasteiger partial charge in [0.1, 0.15) is 0 Å². The van der Waals surface area contributed by atoms with Gasteiger partial charge in [-0.25, -0.2) is 0 Å². The number of rotatable bonds is 3. The van der Waals surface area contributed by atoms with Crippen LogP contribution < -0.4 is 5.32 Å². The highest BCUT2D eigenvalue weighted by atomic mass is 32.2. The van der Waals surface area contributed by atoms with Gasteiger partial charge >= 0.3 is 0 Å². The van der Waals surface area contributed by atoms with Crippen molar-refractivity contribution in [2.45, 2.75) is 51.3 Å². The third kappa shape index (κ3) is 4.68. The molecule has 0 bridgehead atoms. The summed E-state index contributed by atoms with van der Waals surface area (Å²) >= 11 is 1.84. The third-order valence-electron chi connectivity index (χ3n) is 5.12. The number of nitrogens with one attached hydrogen (secondary N) is 1. The van der Waals surface area contributed by atoms with Gasteiger partial charge in [-0.05, 0) is 18.8 Å². The quantitative estimate of drug-likeness (QED) is 0.823. The van der Waals surface area contributed by atoms with Crippen molar-refractivity contribution in [2.24, 2.45) is 16.8 Å². The van der Waals surface area contributed by atoms with E-state index < -0.39 is 0 Å². The number of nitrogens with zero attached hydrogens (tertiary/aromatic N) is 3. The van der Waals surface area contributed by atoms with Crippen LogP contribution in [0.25, 0.3) is 0 Å². The van der Waals surface area contributed by atoms with E-state index in [1.807, 2.05) is 16.7 Å². The Labute approximate surface area is 154 Å². The summed E-state index contributed by atoms with van der Waals surface area (Å²) in [6.07, 6.45) is 2.06. The van der Waals surface area contributed by atoms with E-state index in [-0.39, 0.29) is 23.8 Å². The lowest BCUT2D eigenvalue weighted by atomic mass is 9.87. The molecule has 2 amide bonds. The molecule has 0 aliphatic carbocycles. The summed E-state index contributed by atoms with van der Waals surface area (Å²) in [7, 11) is 0. The highest BCUT2D eigenvalue weighted by Gasteiger charge is 2.35. The van der Waals surface area contributed by atoms with Gasteiger partial charge < -0.3 is 15.1 Å². The number of carbonyl (C=O) groups excluding carboxylic acids is 2. The number of hydrogen-bond donors (Lipinski definition) is 1. The van der Waals surface area contributed by atoms with Gasteiger partial charge in [0.15, 0.2) is 5.17 Å². The summed E-state index contributed by atoms with van der Waals surface area (Å²) in [5, 5.41) is 4.74. The highest BCUT2D eigenvalue weighted by Crippen LogP contribution is 2.26. The van der Waals surface area contributed by atoms with Crippen LogP contribution in [0.2, 0.25) is 0 Å². The van der Waals surface area contributed by atoms with Crippen molar-refractivity contribution in [3.8, 4) is 0 Å². The van der Waals surface area contributed by atoms with Gasteiger partial charge in [0, 0.05) is 49.8 Å². The summed E-state index contributed by atoms with van der Waals surface area (Å²) < 4.78 is 0. The molecular weight excluding hydrogens is 336 g/mol. The van der Waals surface area contributed by atoms with E-state index >= 15 is 0 Å². The molecule has 6 nitrogen and oxygen atoms in total. The molecule has 0 saturated carbocycles. The smallest absolute Gasteiger partial charge is 0.226 e. The summed E-state index contributed by atoms with van der Waals surface area (Å²) in [5.74, 6) is 0.564. The van der Waals surface area contributed by atoms with E-state index in [1.54, 1.807) is 0 Å². The number of thioether (sulfide) groups is 1. The molecule has 0 spiro atoms. The lowest BCUT2D eigenvalue weighted by molar-refractivity contribution is -0.142. The third-order valence-corrected chi connectivity index (χ3v) is 6.27. The van der Waals surface area contributed by atoms with Crippen LogP contribution in [-0.4, -0.2) is 70.8 Å². The molecule has 25 heavy (non-hydrogen) atoms. The molecule has 2 fully saturated rings. The monoisotopic (exact) mass is 366 g/mol. The Balaban J connectivity index is 1.52. The predicted molar refractivity (Wildman–Crippen MR) is 102 cm³/mol. The average molecular weight is 367 g/mol. The molecule has 140 valence electrons. The molecular formula is C18H30N4O2S. The van der Waals surface area contributed by atoms with Crippen molar-refractivity contribution in [2.75, 3.05) is 32.7 Å². The zero-order chi connectivity index (χ0) is 18.0. The van der Waals surface area contributed by atoms with E-state index in [9.17, 15) is 9.59 Å². The Hall–Kier alpha value is -1.24. The molecule has 1 N–H and O–H groups in total. The molecule has 3 heterocycles. The molecule has 0 radical (unpaired) electrons. The van der Waals surface area contributed by atoms with Crippen LogP contribution in [0.15, 0.2) is 4.99 Å². The molecule has 0 aromatic carbocycles. The molecule has 7 heteroatoms. The van der Waals surface area contributed by atoms with Crippen molar-refractivity contribution >= 4 is 28.7 Å². The highest BCUT2D eigenvalue weighted by molar-refractivity contribution is 8.14. The first kappa shape index (κ1) is 18.5. The standard InChI is InChI=1S/C18H30N4O2S/c1-12(2)8-15-9-14(10-16(23)20-15)17(24)21-4-6-22(7-5-21)18-19-11-13(3)25-18/h12-15H,4-11H2,1-3H3,(H,20,23)/t13-,14-,15+/m0/s1. The minimum Gasteiger partial charge on any atom is -0.353 e. The summed E-state index contributed by atoms with van der Waals surface area (Å²) in [4.78, 5) is 33.8. The number of piperazine rings is 1. The van der Waals surface area contributed by atoms with Crippen LogP contribution in [0.5, 0.6) is 0 Å². The SMILES string of the molecule is CC(C)C[C@@H]1C[C@H](C(=O)N2CCN(C3=NC[C@H](C)S3)CC2)CC(=O)N1. The second-order valence-corrected chi connectivity index (χ2v) is 9.30. The average Bonchev–Trinajstić information content (AvgIpc) is 2.99. The van der Waals surface area contributed by atoms with Crippen molar-refractivity contribution in [3.05, 3.63) is 0 Å². The lowest BCUT2D eigenvalue weighted by Crippen LogP contribution is -2.54. The minimum absolute atomic E-state index is 0.0274. The van der Waals surface area contributed by atoms with Crippen LogP contribution in [0, 0.1) is 11.8 Å². The first-order chi connectivity index (χ1) is 11.9. The lowest BCUT2D eigenvalue weighted by Gasteiger charge is -2.39. The van der Waals surface area contributed by atoms with Gasteiger partial charge in [-0.15, -0.1) is 0 Å². The van der Waals surface area contributed by atoms with E-state index in [0.717, 1.165) is 50.7 Å². The molecule has 3 aliphatic rings. The number of hydrogen-bond acceptors (Lipinski definition) is 5. The van der Waals surface area contributed by atoms with Crippen molar-refractivity contribution in [1.82, 2.24) is 15.1 Å². The molecule has 0 aromatic heterocycles. The zero-order valence-electron chi connectivity index (χ0n) is 15.5. The van der Waals surface area contributed by atoms with Crippen LogP contribution >= 0.6 is 11.8 Å². The second-order valence-electron chi connectivity index (χ2n) is 7.89. The maximum atomic E-state index is 12.9. The van der Waals surface area contributed by atoms with Crippen LogP contribution in [0.4, 0.5) is 0 Å². The molecule has 3 rings (SSSR count). The first-order valence-electron chi connectivity index (χ1n) is 9.46. The van der Waals surface area contributed by atoms with Crippen LogP contribution in [0.1, 0.15) is 40.0 Å². The fraction of sp³-hybridized carbons (Fsp3) is 0.833. The van der Waals surface area contributed by atoms with Crippen LogP contribution in [-0.2, 0) is 9.59 Å². The minimum atomic E-state index is -0.151. The molecule has 2 saturated heterocycles. The fourth-order valence-corrected chi connectivity index (χ4v) is 4.91. The second kappa shape index (κ2) is 7.98. The van der Waals surface area contributed by atoms with Gasteiger partial charge in [-0.2, -0.15) is 0 Å². The van der Waals surface area contributed by atoms with Crippen molar-refractivity contribution in [1.29, 1.82) is 0 Å². The first-order valence-corrected chi connectivity index (χ1v) is 10.3. The van der Waals surface area contributed by atoms with Crippen molar-refractivity contribution < 1.29 is 9.59 Å². The molecule has 0 unspecified atom stereocenters. The maximum absolute atomic E-state index is 12.9. The van der Waals surface area contributed by atoms with Crippen LogP contribution in [0.3, 0.4) is 0 Å². The van der Waals surface area contributed by atoms with E-state index in [0.29, 0.717) is 17.6 Å². The normalized spacial score (nSPS) is 30.5. The Morgan fingerprint density at radius 3 is 2.64 bits per heavy atom. The van der Waals surface area contributed by atoms with E-state index in [1.165, 1.54) is 0 Å². The summed E-state index contributed by atoms with van der Waals surface area (Å²) in [6.45, 7) is 10.6. The summed E-state index contributed by atoms with van der Waals surface area (Å²) in [5.41, 5.74) is 0. The Morgan fingerprint density at radius 2 is 2.04 bits per heavy atom. The van der Waals surface area contributed by atoms with E-state index in [2.05, 4.69) is 36.0 Å². The number of amides is 2. The van der Waals surface area contributed by atoms with Gasteiger partial charge in [0.05, 0.1) is 6.54 Å². The maximum Gasteiger partial charge on any atom is 0.226 e. The van der Waals surface area contributed by atoms with E-state index in [4.69, 9.17) is 0 Å². The largest absolute Gasteiger partial charge is 0.353 e. The topological polar surface area (TPSA) is 65.0 Å². The van der Waals surface area contributed by atoms with Gasteiger partial charge in [0.2, 0.25) is 11.8 Å². The fourth-order valence-electron chi connectivity index (χ4n) is 3.92. The predicted octanol–water partition coefficient (Wildman–Crippen LogP) is 1.56. The van der Waals surface area contributed by atoms with Gasteiger partial charge in [-0.3, -0.25) is 14.6 Å². The van der Waals surface area contributed by atoms with Gasteiger partial charge in [0.25, 0.3) is 0 Å². The van der Waals surface area contributed by atoms with Gasteiger partial charge in [-0.1, -0.05) is 32.5 Å². The Morgan fingerprint density at radius 1 is 1.32 bits per heavy atom. The molecule has 3 aliphatic heterocycles. The molecule has 0 aromatic rings. The number of aliphatic imine (C=N–C) groups is 1. The zero-order valence-corrected chi connectivity index (χ0v) is 16.3. The number of carbonyl (C=O) groups is 2. The Bertz CT molecular complexity index is 543. The number of amidine groups is 1. The van der Waals surface area contributed by atoms with Crippen molar-refractivity contribution in [3.63, 3.8) is 0 Å². The summed E-state index contributed by atoms with van der Waals surface area (Å²) in [6, 6.07) is 0.141. The Kier molecular flexibility index (Phi) is 5.92. The molecule has 3 atom stereocenters.